The number of piperidine rings is 1. The number of alkyl carbamates (subject to hydrolysis) is 1. The van der Waals surface area contributed by atoms with Crippen molar-refractivity contribution in [2.75, 3.05) is 39.5 Å². The molecule has 1 aliphatic heterocycles. The number of rotatable bonds is 9. The summed E-state index contributed by atoms with van der Waals surface area (Å²) in [7, 11) is 0. The van der Waals surface area contributed by atoms with E-state index in [0.29, 0.717) is 6.61 Å². The Balaban J connectivity index is 1.55. The first kappa shape index (κ1) is 23.8. The molecular weight excluding hydrogens is 397 g/mol. The number of carbonyl (C=O) groups excluding carboxylic acids is 1. The van der Waals surface area contributed by atoms with Gasteiger partial charge in [0.05, 0.1) is 24.2 Å². The molecule has 0 bridgehead atoms. The minimum Gasteiger partial charge on any atom is -0.488 e. The quantitative estimate of drug-likeness (QED) is 0.367. The topological polar surface area (TPSA) is 103 Å². The van der Waals surface area contributed by atoms with Crippen molar-refractivity contribution < 1.29 is 28.3 Å². The second-order valence-electron chi connectivity index (χ2n) is 8.09. The van der Waals surface area contributed by atoms with Crippen LogP contribution in [0, 0.1) is 15.9 Å². The maximum absolute atomic E-state index is 13.7. The summed E-state index contributed by atoms with van der Waals surface area (Å²) in [5.74, 6) is -0.809. The lowest BCUT2D eigenvalue weighted by Gasteiger charge is -2.32. The van der Waals surface area contributed by atoms with Crippen LogP contribution in [0.3, 0.4) is 0 Å². The normalized spacial score (nSPS) is 15.6. The lowest BCUT2D eigenvalue weighted by Crippen LogP contribution is -2.46. The lowest BCUT2D eigenvalue weighted by molar-refractivity contribution is -0.385. The third-order valence-electron chi connectivity index (χ3n) is 4.47. The van der Waals surface area contributed by atoms with Crippen LogP contribution in [-0.2, 0) is 9.47 Å². The molecule has 30 heavy (non-hydrogen) atoms. The van der Waals surface area contributed by atoms with Crippen LogP contribution in [0.4, 0.5) is 14.9 Å². The zero-order valence-electron chi connectivity index (χ0n) is 17.7. The molecule has 9 nitrogen and oxygen atoms in total. The van der Waals surface area contributed by atoms with Gasteiger partial charge in [-0.25, -0.2) is 9.18 Å². The first-order valence-corrected chi connectivity index (χ1v) is 10.0. The molecule has 1 aromatic rings. The third-order valence-corrected chi connectivity index (χ3v) is 4.47. The van der Waals surface area contributed by atoms with E-state index in [4.69, 9.17) is 14.2 Å². The van der Waals surface area contributed by atoms with Crippen LogP contribution in [0.5, 0.6) is 5.75 Å². The average molecular weight is 427 g/mol. The summed E-state index contributed by atoms with van der Waals surface area (Å²) in [5.41, 5.74) is -0.822. The van der Waals surface area contributed by atoms with Crippen LogP contribution in [-0.4, -0.2) is 67.0 Å². The number of ether oxygens (including phenoxy) is 3. The molecule has 0 radical (unpaired) electrons. The molecule has 1 N–H and O–H groups in total. The fraction of sp³-hybridized carbons (Fsp3) is 0.650. The van der Waals surface area contributed by atoms with Crippen LogP contribution in [0.1, 0.15) is 33.6 Å². The molecule has 0 saturated carbocycles. The van der Waals surface area contributed by atoms with Gasteiger partial charge < -0.3 is 24.4 Å². The van der Waals surface area contributed by atoms with Crippen molar-refractivity contribution in [3.05, 3.63) is 34.1 Å². The standard InChI is InChI=1S/C20H30FN3O6/c1-20(2,3)30-19(25)22-15-6-8-23(9-7-15)10-11-28-12-13-29-18-5-4-16(24(26)27)14-17(18)21/h4-5,14-15H,6-13H2,1-3H3,(H,22,25). The summed E-state index contributed by atoms with van der Waals surface area (Å²) in [4.78, 5) is 24.0. The number of nitro benzene ring substituents is 1. The van der Waals surface area contributed by atoms with Gasteiger partial charge in [0.15, 0.2) is 11.6 Å². The number of hydrogen-bond acceptors (Lipinski definition) is 7. The minimum absolute atomic E-state index is 0.0382. The second kappa shape index (κ2) is 11.1. The Kier molecular flexibility index (Phi) is 8.79. The summed E-state index contributed by atoms with van der Waals surface area (Å²) in [6.07, 6.45) is 1.32. The van der Waals surface area contributed by atoms with Gasteiger partial charge in [-0.05, 0) is 39.7 Å². The van der Waals surface area contributed by atoms with Crippen molar-refractivity contribution in [1.82, 2.24) is 10.2 Å². The first-order valence-electron chi connectivity index (χ1n) is 10.0. The maximum Gasteiger partial charge on any atom is 0.407 e. The fourth-order valence-electron chi connectivity index (χ4n) is 3.00. The summed E-state index contributed by atoms with van der Waals surface area (Å²) in [5, 5.41) is 13.5. The molecule has 0 atom stereocenters. The van der Waals surface area contributed by atoms with Crippen molar-refractivity contribution >= 4 is 11.8 Å². The molecule has 1 aliphatic rings. The van der Waals surface area contributed by atoms with Crippen molar-refractivity contribution in [3.63, 3.8) is 0 Å². The van der Waals surface area contributed by atoms with Gasteiger partial charge in [-0.15, -0.1) is 0 Å². The summed E-state index contributed by atoms with van der Waals surface area (Å²) >= 11 is 0. The second-order valence-corrected chi connectivity index (χ2v) is 8.09. The zero-order valence-corrected chi connectivity index (χ0v) is 17.7. The Morgan fingerprint density at radius 2 is 1.97 bits per heavy atom. The third kappa shape index (κ3) is 8.50. The fourth-order valence-corrected chi connectivity index (χ4v) is 3.00. The number of nitro groups is 1. The molecule has 0 aromatic heterocycles. The molecule has 1 aromatic carbocycles. The van der Waals surface area contributed by atoms with Crippen molar-refractivity contribution in [2.24, 2.45) is 0 Å². The molecule has 0 aliphatic carbocycles. The van der Waals surface area contributed by atoms with Gasteiger partial charge in [-0.2, -0.15) is 0 Å². The average Bonchev–Trinajstić information content (AvgIpc) is 2.65. The van der Waals surface area contributed by atoms with E-state index in [1.165, 1.54) is 12.1 Å². The Bertz CT molecular complexity index is 717. The maximum atomic E-state index is 13.7. The van der Waals surface area contributed by atoms with E-state index < -0.39 is 16.3 Å². The Morgan fingerprint density at radius 1 is 1.27 bits per heavy atom. The zero-order chi connectivity index (χ0) is 22.1. The molecule has 10 heteroatoms. The highest BCUT2D eigenvalue weighted by Gasteiger charge is 2.23. The highest BCUT2D eigenvalue weighted by atomic mass is 19.1. The summed E-state index contributed by atoms with van der Waals surface area (Å²) in [6, 6.07) is 3.38. The van der Waals surface area contributed by atoms with Crippen LogP contribution < -0.4 is 10.1 Å². The van der Waals surface area contributed by atoms with Crippen LogP contribution in [0.15, 0.2) is 18.2 Å². The monoisotopic (exact) mass is 427 g/mol. The minimum atomic E-state index is -0.771. The van der Waals surface area contributed by atoms with Gasteiger partial charge in [0.25, 0.3) is 5.69 Å². The molecule has 1 amide bonds. The molecule has 1 fully saturated rings. The Morgan fingerprint density at radius 3 is 2.57 bits per heavy atom. The number of likely N-dealkylation sites (tertiary alicyclic amines) is 1. The predicted molar refractivity (Wildman–Crippen MR) is 108 cm³/mol. The van der Waals surface area contributed by atoms with Gasteiger partial charge in [0.2, 0.25) is 0 Å². The molecule has 1 heterocycles. The summed E-state index contributed by atoms with van der Waals surface area (Å²) < 4.78 is 29.8. The predicted octanol–water partition coefficient (Wildman–Crippen LogP) is 3.12. The van der Waals surface area contributed by atoms with Crippen LogP contribution in [0.25, 0.3) is 0 Å². The van der Waals surface area contributed by atoms with E-state index in [9.17, 15) is 19.3 Å². The molecular formula is C20H30FN3O6. The number of hydrogen-bond donors (Lipinski definition) is 1. The van der Waals surface area contributed by atoms with Gasteiger partial charge in [-0.3, -0.25) is 10.1 Å². The van der Waals surface area contributed by atoms with E-state index in [1.54, 1.807) is 0 Å². The van der Waals surface area contributed by atoms with Gasteiger partial charge in [-0.1, -0.05) is 0 Å². The van der Waals surface area contributed by atoms with E-state index >= 15 is 0 Å². The first-order chi connectivity index (χ1) is 14.1. The van der Waals surface area contributed by atoms with Crippen LogP contribution >= 0.6 is 0 Å². The van der Waals surface area contributed by atoms with E-state index in [-0.39, 0.29) is 36.8 Å². The largest absolute Gasteiger partial charge is 0.488 e. The number of non-ortho nitro benzene ring substituents is 1. The molecule has 1 saturated heterocycles. The van der Waals surface area contributed by atoms with Gasteiger partial charge >= 0.3 is 6.09 Å². The highest BCUT2D eigenvalue weighted by molar-refractivity contribution is 5.68. The molecule has 2 rings (SSSR count). The van der Waals surface area contributed by atoms with E-state index in [1.807, 2.05) is 20.8 Å². The van der Waals surface area contributed by atoms with E-state index in [2.05, 4.69) is 10.2 Å². The number of amides is 1. The highest BCUT2D eigenvalue weighted by Crippen LogP contribution is 2.22. The van der Waals surface area contributed by atoms with Crippen molar-refractivity contribution in [3.8, 4) is 5.75 Å². The number of benzene rings is 1. The molecule has 0 unspecified atom stereocenters. The number of nitrogens with zero attached hydrogens (tertiary/aromatic N) is 2. The van der Waals surface area contributed by atoms with Gasteiger partial charge in [0, 0.05) is 31.7 Å². The van der Waals surface area contributed by atoms with Gasteiger partial charge in [0.1, 0.15) is 12.2 Å². The lowest BCUT2D eigenvalue weighted by atomic mass is 10.1. The van der Waals surface area contributed by atoms with Crippen molar-refractivity contribution in [2.45, 2.75) is 45.3 Å². The summed E-state index contributed by atoms with van der Waals surface area (Å²) in [6.45, 7) is 8.92. The SMILES string of the molecule is CC(C)(C)OC(=O)NC1CCN(CCOCCOc2ccc([N+](=O)[O-])cc2F)CC1. The van der Waals surface area contributed by atoms with Crippen LogP contribution in [0.2, 0.25) is 0 Å². The number of nitrogens with one attached hydrogen (secondary N) is 1. The smallest absolute Gasteiger partial charge is 0.407 e. The van der Waals surface area contributed by atoms with E-state index in [0.717, 1.165) is 38.5 Å². The Labute approximate surface area is 175 Å². The molecule has 0 spiro atoms. The number of carbonyl (C=O) groups is 1. The Hall–Kier alpha value is -2.46. The molecule has 168 valence electrons. The number of halogens is 1. The van der Waals surface area contributed by atoms with Crippen molar-refractivity contribution in [1.29, 1.82) is 0 Å².